The van der Waals surface area contributed by atoms with E-state index < -0.39 is 12.2 Å². The normalized spacial score (nSPS) is 14.2. The first-order valence-electron chi connectivity index (χ1n) is 3.45. The summed E-state index contributed by atoms with van der Waals surface area (Å²) < 4.78 is 4.65. The second-order valence-electron chi connectivity index (χ2n) is 3.47. The van der Waals surface area contributed by atoms with Gasteiger partial charge in [-0.1, -0.05) is 20.8 Å². The third kappa shape index (κ3) is 3.83. The van der Waals surface area contributed by atoms with Gasteiger partial charge < -0.3 is 15.6 Å². The van der Waals surface area contributed by atoms with Gasteiger partial charge in [-0.25, -0.2) is 4.79 Å². The first-order chi connectivity index (χ1) is 4.88. The maximum absolute atomic E-state index is 10.3. The van der Waals surface area contributed by atoms with E-state index in [0.717, 1.165) is 0 Å². The Hall–Kier alpha value is -0.770. The molecular weight excluding hydrogens is 146 g/mol. The highest BCUT2D eigenvalue weighted by atomic mass is 16.6. The lowest BCUT2D eigenvalue weighted by Gasteiger charge is -2.27. The standard InChI is InChI=1S/C7H15NO3/c1-7(2,3)5(4-9)11-6(8)10/h5,9H,4H2,1-3H3,(H2,8,10)/t5-/m0/s1. The number of aliphatic hydroxyl groups is 1. The highest BCUT2D eigenvalue weighted by Gasteiger charge is 2.26. The fourth-order valence-electron chi connectivity index (χ4n) is 0.628. The van der Waals surface area contributed by atoms with Crippen LogP contribution in [-0.2, 0) is 4.74 Å². The van der Waals surface area contributed by atoms with Crippen molar-refractivity contribution in [3.05, 3.63) is 0 Å². The van der Waals surface area contributed by atoms with Crippen molar-refractivity contribution in [1.82, 2.24) is 0 Å². The predicted molar refractivity (Wildman–Crippen MR) is 41.0 cm³/mol. The molecule has 0 bridgehead atoms. The van der Waals surface area contributed by atoms with Gasteiger partial charge in [0, 0.05) is 5.41 Å². The molecule has 4 heteroatoms. The predicted octanol–water partition coefficient (Wildman–Crippen LogP) is 0.489. The van der Waals surface area contributed by atoms with E-state index in [0.29, 0.717) is 0 Å². The maximum Gasteiger partial charge on any atom is 0.404 e. The third-order valence-corrected chi connectivity index (χ3v) is 1.39. The SMILES string of the molecule is CC(C)(C)[C@H](CO)OC(N)=O. The minimum atomic E-state index is -0.848. The lowest BCUT2D eigenvalue weighted by molar-refractivity contribution is -0.00114. The molecule has 3 N–H and O–H groups in total. The van der Waals surface area contributed by atoms with Crippen LogP contribution in [-0.4, -0.2) is 23.9 Å². The maximum atomic E-state index is 10.3. The zero-order chi connectivity index (χ0) is 9.07. The molecule has 11 heavy (non-hydrogen) atoms. The van der Waals surface area contributed by atoms with Gasteiger partial charge in [-0.2, -0.15) is 0 Å². The number of hydrogen-bond acceptors (Lipinski definition) is 3. The molecule has 1 atom stereocenters. The highest BCUT2D eigenvalue weighted by molar-refractivity contribution is 5.64. The van der Waals surface area contributed by atoms with Crippen LogP contribution in [0.2, 0.25) is 0 Å². The average molecular weight is 161 g/mol. The van der Waals surface area contributed by atoms with E-state index in [1.807, 2.05) is 20.8 Å². The van der Waals surface area contributed by atoms with Crippen LogP contribution in [0.25, 0.3) is 0 Å². The monoisotopic (exact) mass is 161 g/mol. The van der Waals surface area contributed by atoms with E-state index in [9.17, 15) is 4.79 Å². The topological polar surface area (TPSA) is 72.6 Å². The first kappa shape index (κ1) is 10.2. The molecule has 0 spiro atoms. The lowest BCUT2D eigenvalue weighted by atomic mass is 9.89. The summed E-state index contributed by atoms with van der Waals surface area (Å²) in [6.45, 7) is 5.37. The van der Waals surface area contributed by atoms with Crippen LogP contribution < -0.4 is 5.73 Å². The number of hydrogen-bond donors (Lipinski definition) is 2. The molecule has 0 radical (unpaired) electrons. The second-order valence-corrected chi connectivity index (χ2v) is 3.47. The van der Waals surface area contributed by atoms with Crippen molar-refractivity contribution in [2.75, 3.05) is 6.61 Å². The fraction of sp³-hybridized carbons (Fsp3) is 0.857. The summed E-state index contributed by atoms with van der Waals surface area (Å²) in [6, 6.07) is 0. The van der Waals surface area contributed by atoms with Gasteiger partial charge in [0.15, 0.2) is 0 Å². The molecule has 0 saturated carbocycles. The van der Waals surface area contributed by atoms with Crippen molar-refractivity contribution in [2.24, 2.45) is 11.1 Å². The van der Waals surface area contributed by atoms with Crippen molar-refractivity contribution in [3.8, 4) is 0 Å². The Balaban J connectivity index is 4.07. The second kappa shape index (κ2) is 3.57. The van der Waals surface area contributed by atoms with E-state index in [1.54, 1.807) is 0 Å². The van der Waals surface area contributed by atoms with Crippen LogP contribution in [0.4, 0.5) is 4.79 Å². The van der Waals surface area contributed by atoms with Gasteiger partial charge in [0.2, 0.25) is 0 Å². The summed E-state index contributed by atoms with van der Waals surface area (Å²) in [5, 5.41) is 8.78. The minimum Gasteiger partial charge on any atom is -0.443 e. The number of ether oxygens (including phenoxy) is 1. The Morgan fingerprint density at radius 1 is 1.64 bits per heavy atom. The van der Waals surface area contributed by atoms with Crippen LogP contribution >= 0.6 is 0 Å². The summed E-state index contributed by atoms with van der Waals surface area (Å²) in [7, 11) is 0. The van der Waals surface area contributed by atoms with Crippen molar-refractivity contribution < 1.29 is 14.6 Å². The summed E-state index contributed by atoms with van der Waals surface area (Å²) in [6.07, 6.45) is -1.38. The van der Waals surface area contributed by atoms with E-state index in [-0.39, 0.29) is 12.0 Å². The highest BCUT2D eigenvalue weighted by Crippen LogP contribution is 2.21. The first-order valence-corrected chi connectivity index (χ1v) is 3.45. The molecule has 0 aromatic rings. The van der Waals surface area contributed by atoms with Crippen LogP contribution in [0.5, 0.6) is 0 Å². The third-order valence-electron chi connectivity index (χ3n) is 1.39. The molecule has 0 aromatic carbocycles. The molecule has 0 aliphatic rings. The molecule has 66 valence electrons. The van der Waals surface area contributed by atoms with Crippen molar-refractivity contribution in [3.63, 3.8) is 0 Å². The smallest absolute Gasteiger partial charge is 0.404 e. The zero-order valence-electron chi connectivity index (χ0n) is 7.13. The Morgan fingerprint density at radius 3 is 2.18 bits per heavy atom. The summed E-state index contributed by atoms with van der Waals surface area (Å²) in [5.74, 6) is 0. The number of aliphatic hydroxyl groups excluding tert-OH is 1. The van der Waals surface area contributed by atoms with Gasteiger partial charge in [0.05, 0.1) is 6.61 Å². The van der Waals surface area contributed by atoms with Crippen LogP contribution in [0.1, 0.15) is 20.8 Å². The molecule has 1 amide bonds. The molecule has 0 unspecified atom stereocenters. The largest absolute Gasteiger partial charge is 0.443 e. The number of amides is 1. The van der Waals surface area contributed by atoms with Gasteiger partial charge in [0.25, 0.3) is 0 Å². The molecule has 0 heterocycles. The Kier molecular flexibility index (Phi) is 3.32. The molecule has 0 fully saturated rings. The number of nitrogens with two attached hydrogens (primary N) is 1. The number of carbonyl (C=O) groups is 1. The number of carbonyl (C=O) groups excluding carboxylic acids is 1. The Morgan fingerprint density at radius 2 is 2.09 bits per heavy atom. The molecule has 0 rings (SSSR count). The molecule has 0 aromatic heterocycles. The van der Waals surface area contributed by atoms with Crippen LogP contribution in [0.15, 0.2) is 0 Å². The van der Waals surface area contributed by atoms with Gasteiger partial charge in [0.1, 0.15) is 6.10 Å². The molecule has 0 aliphatic heterocycles. The Labute approximate surface area is 66.3 Å². The van der Waals surface area contributed by atoms with Crippen molar-refractivity contribution in [2.45, 2.75) is 26.9 Å². The molecular formula is C7H15NO3. The van der Waals surface area contributed by atoms with Crippen LogP contribution in [0.3, 0.4) is 0 Å². The lowest BCUT2D eigenvalue weighted by Crippen LogP contribution is -2.36. The summed E-state index contributed by atoms with van der Waals surface area (Å²) in [4.78, 5) is 10.3. The summed E-state index contributed by atoms with van der Waals surface area (Å²) >= 11 is 0. The van der Waals surface area contributed by atoms with E-state index in [2.05, 4.69) is 4.74 Å². The fourth-order valence-corrected chi connectivity index (χ4v) is 0.628. The molecule has 4 nitrogen and oxygen atoms in total. The average Bonchev–Trinajstić information content (AvgIpc) is 1.79. The number of rotatable bonds is 2. The van der Waals surface area contributed by atoms with Gasteiger partial charge >= 0.3 is 6.09 Å². The minimum absolute atomic E-state index is 0.202. The van der Waals surface area contributed by atoms with E-state index in [1.165, 1.54) is 0 Å². The Bertz CT molecular complexity index is 139. The summed E-state index contributed by atoms with van der Waals surface area (Å²) in [5.41, 5.74) is 4.52. The van der Waals surface area contributed by atoms with E-state index >= 15 is 0 Å². The molecule has 0 aliphatic carbocycles. The van der Waals surface area contributed by atoms with Gasteiger partial charge in [-0.15, -0.1) is 0 Å². The van der Waals surface area contributed by atoms with Crippen molar-refractivity contribution in [1.29, 1.82) is 0 Å². The zero-order valence-corrected chi connectivity index (χ0v) is 7.13. The van der Waals surface area contributed by atoms with E-state index in [4.69, 9.17) is 10.8 Å². The van der Waals surface area contributed by atoms with Gasteiger partial charge in [-0.3, -0.25) is 0 Å². The van der Waals surface area contributed by atoms with Crippen molar-refractivity contribution >= 4 is 6.09 Å². The van der Waals surface area contributed by atoms with Gasteiger partial charge in [-0.05, 0) is 0 Å². The number of primary amides is 1. The quantitative estimate of drug-likeness (QED) is 0.619. The van der Waals surface area contributed by atoms with Crippen LogP contribution in [0, 0.1) is 5.41 Å². The molecule has 0 saturated heterocycles.